The average molecular weight is 334 g/mol. The third-order valence-corrected chi connectivity index (χ3v) is 4.21. The fourth-order valence-corrected chi connectivity index (χ4v) is 3.10. The molecule has 0 aliphatic carbocycles. The van der Waals surface area contributed by atoms with E-state index in [0.29, 0.717) is 24.2 Å². The standard InChI is InChI=1S/C17H26N4O3/c1-13(2)10-16(20-8-3-4-9-20)12-18-17(22)19-14-6-5-7-15(11-14)21(23)24/h5-7,11,13,16H,3-4,8-10,12H2,1-2H3,(H2,18,19,22)/t16-/m0/s1. The quantitative estimate of drug-likeness (QED) is 0.592. The van der Waals surface area contributed by atoms with Crippen LogP contribution in [0.25, 0.3) is 0 Å². The molecule has 1 aromatic carbocycles. The number of benzene rings is 1. The van der Waals surface area contributed by atoms with E-state index in [2.05, 4.69) is 29.4 Å². The number of nitro groups is 1. The van der Waals surface area contributed by atoms with Crippen molar-refractivity contribution < 1.29 is 9.72 Å². The second-order valence-corrected chi connectivity index (χ2v) is 6.67. The lowest BCUT2D eigenvalue weighted by Gasteiger charge is -2.29. The van der Waals surface area contributed by atoms with Crippen molar-refractivity contribution in [3.05, 3.63) is 34.4 Å². The van der Waals surface area contributed by atoms with Gasteiger partial charge in [-0.1, -0.05) is 19.9 Å². The van der Waals surface area contributed by atoms with Crippen molar-refractivity contribution in [2.24, 2.45) is 5.92 Å². The number of non-ortho nitro benzene ring substituents is 1. The van der Waals surface area contributed by atoms with E-state index in [1.807, 2.05) is 0 Å². The van der Waals surface area contributed by atoms with Crippen LogP contribution in [0, 0.1) is 16.0 Å². The number of urea groups is 1. The summed E-state index contributed by atoms with van der Waals surface area (Å²) in [7, 11) is 0. The summed E-state index contributed by atoms with van der Waals surface area (Å²) in [6.45, 7) is 7.13. The molecule has 0 aromatic heterocycles. The Bertz CT molecular complexity index is 571. The molecule has 1 aliphatic heterocycles. The molecule has 1 aliphatic rings. The van der Waals surface area contributed by atoms with Gasteiger partial charge in [0, 0.05) is 30.4 Å². The Hall–Kier alpha value is -2.15. The molecule has 0 spiro atoms. The molecular weight excluding hydrogens is 308 g/mol. The zero-order valence-electron chi connectivity index (χ0n) is 14.3. The molecule has 24 heavy (non-hydrogen) atoms. The van der Waals surface area contributed by atoms with E-state index in [4.69, 9.17) is 0 Å². The molecule has 0 radical (unpaired) electrons. The molecule has 2 amide bonds. The van der Waals surface area contributed by atoms with Crippen LogP contribution in [-0.2, 0) is 0 Å². The summed E-state index contributed by atoms with van der Waals surface area (Å²) in [5, 5.41) is 16.3. The van der Waals surface area contributed by atoms with E-state index in [9.17, 15) is 14.9 Å². The number of rotatable bonds is 7. The SMILES string of the molecule is CC(C)C[C@@H](CNC(=O)Nc1cccc([N+](=O)[O-])c1)N1CCCC1. The van der Waals surface area contributed by atoms with Crippen molar-refractivity contribution in [2.45, 2.75) is 39.2 Å². The molecular formula is C17H26N4O3. The average Bonchev–Trinajstić information content (AvgIpc) is 3.05. The highest BCUT2D eigenvalue weighted by Crippen LogP contribution is 2.18. The van der Waals surface area contributed by atoms with Crippen LogP contribution in [0.5, 0.6) is 0 Å². The molecule has 7 heteroatoms. The number of carbonyl (C=O) groups is 1. The van der Waals surface area contributed by atoms with Crippen molar-refractivity contribution in [1.29, 1.82) is 0 Å². The summed E-state index contributed by atoms with van der Waals surface area (Å²) >= 11 is 0. The van der Waals surface area contributed by atoms with Gasteiger partial charge in [0.05, 0.1) is 4.92 Å². The highest BCUT2D eigenvalue weighted by molar-refractivity contribution is 5.89. The molecule has 1 fully saturated rings. The first-order valence-corrected chi connectivity index (χ1v) is 8.49. The minimum absolute atomic E-state index is 0.0393. The Labute approximate surface area is 142 Å². The summed E-state index contributed by atoms with van der Waals surface area (Å²) < 4.78 is 0. The first-order chi connectivity index (χ1) is 11.5. The maximum atomic E-state index is 12.1. The normalized spacial score (nSPS) is 16.1. The Balaban J connectivity index is 1.88. The minimum Gasteiger partial charge on any atom is -0.336 e. The van der Waals surface area contributed by atoms with E-state index < -0.39 is 4.92 Å². The molecule has 1 saturated heterocycles. The third-order valence-electron chi connectivity index (χ3n) is 4.21. The number of amides is 2. The van der Waals surface area contributed by atoms with Crippen LogP contribution in [-0.4, -0.2) is 41.5 Å². The number of anilines is 1. The van der Waals surface area contributed by atoms with Gasteiger partial charge in [-0.25, -0.2) is 4.79 Å². The van der Waals surface area contributed by atoms with Gasteiger partial charge in [-0.2, -0.15) is 0 Å². The fraction of sp³-hybridized carbons (Fsp3) is 0.588. The number of likely N-dealkylation sites (tertiary alicyclic amines) is 1. The van der Waals surface area contributed by atoms with Crippen LogP contribution in [0.15, 0.2) is 24.3 Å². The van der Waals surface area contributed by atoms with Crippen LogP contribution in [0.4, 0.5) is 16.2 Å². The lowest BCUT2D eigenvalue weighted by molar-refractivity contribution is -0.384. The van der Waals surface area contributed by atoms with Gasteiger partial charge in [-0.05, 0) is 44.3 Å². The zero-order chi connectivity index (χ0) is 17.5. The molecule has 0 saturated carbocycles. The number of nitrogens with one attached hydrogen (secondary N) is 2. The second kappa shape index (κ2) is 8.63. The number of carbonyl (C=O) groups excluding carboxylic acids is 1. The summed E-state index contributed by atoms with van der Waals surface area (Å²) in [6.07, 6.45) is 3.47. The van der Waals surface area contributed by atoms with Gasteiger partial charge in [0.2, 0.25) is 0 Å². The predicted octanol–water partition coefficient (Wildman–Crippen LogP) is 3.23. The van der Waals surface area contributed by atoms with Gasteiger partial charge < -0.3 is 10.6 Å². The van der Waals surface area contributed by atoms with Gasteiger partial charge in [-0.15, -0.1) is 0 Å². The lowest BCUT2D eigenvalue weighted by Crippen LogP contribution is -2.44. The summed E-state index contributed by atoms with van der Waals surface area (Å²) in [6, 6.07) is 5.95. The number of nitrogens with zero attached hydrogens (tertiary/aromatic N) is 2. The summed E-state index contributed by atoms with van der Waals surface area (Å²) in [5.74, 6) is 0.567. The predicted molar refractivity (Wildman–Crippen MR) is 94.2 cm³/mol. The van der Waals surface area contributed by atoms with Gasteiger partial charge in [0.15, 0.2) is 0 Å². The highest BCUT2D eigenvalue weighted by Gasteiger charge is 2.23. The Morgan fingerprint density at radius 3 is 2.67 bits per heavy atom. The Morgan fingerprint density at radius 2 is 2.04 bits per heavy atom. The number of hydrogen-bond donors (Lipinski definition) is 2. The smallest absolute Gasteiger partial charge is 0.319 e. The molecule has 1 atom stereocenters. The van der Waals surface area contributed by atoms with E-state index in [-0.39, 0.29) is 11.7 Å². The lowest BCUT2D eigenvalue weighted by atomic mass is 10.0. The molecule has 132 valence electrons. The van der Waals surface area contributed by atoms with Crippen molar-refractivity contribution in [3.63, 3.8) is 0 Å². The number of nitro benzene ring substituents is 1. The molecule has 7 nitrogen and oxygen atoms in total. The first-order valence-electron chi connectivity index (χ1n) is 8.49. The monoisotopic (exact) mass is 334 g/mol. The molecule has 2 rings (SSSR count). The van der Waals surface area contributed by atoms with Crippen LogP contribution in [0.2, 0.25) is 0 Å². The van der Waals surface area contributed by atoms with Crippen LogP contribution in [0.3, 0.4) is 0 Å². The summed E-state index contributed by atoms with van der Waals surface area (Å²) in [5.41, 5.74) is 0.380. The first kappa shape index (κ1) is 18.2. The molecule has 0 bridgehead atoms. The second-order valence-electron chi connectivity index (χ2n) is 6.67. The zero-order valence-corrected chi connectivity index (χ0v) is 14.3. The van der Waals surface area contributed by atoms with Crippen molar-refractivity contribution in [2.75, 3.05) is 25.0 Å². The highest BCUT2D eigenvalue weighted by atomic mass is 16.6. The van der Waals surface area contributed by atoms with E-state index in [0.717, 1.165) is 19.5 Å². The molecule has 1 aromatic rings. The molecule has 2 N–H and O–H groups in total. The van der Waals surface area contributed by atoms with Gasteiger partial charge in [0.1, 0.15) is 0 Å². The van der Waals surface area contributed by atoms with Crippen molar-refractivity contribution in [1.82, 2.24) is 10.2 Å². The van der Waals surface area contributed by atoms with Gasteiger partial charge in [-0.3, -0.25) is 15.0 Å². The maximum absolute atomic E-state index is 12.1. The van der Waals surface area contributed by atoms with Crippen LogP contribution < -0.4 is 10.6 Å². The largest absolute Gasteiger partial charge is 0.336 e. The van der Waals surface area contributed by atoms with Crippen molar-refractivity contribution in [3.8, 4) is 0 Å². The van der Waals surface area contributed by atoms with E-state index in [1.54, 1.807) is 12.1 Å². The maximum Gasteiger partial charge on any atom is 0.319 e. The van der Waals surface area contributed by atoms with Gasteiger partial charge in [0.25, 0.3) is 5.69 Å². The minimum atomic E-state index is -0.477. The molecule has 1 heterocycles. The number of hydrogen-bond acceptors (Lipinski definition) is 4. The fourth-order valence-electron chi connectivity index (χ4n) is 3.10. The topological polar surface area (TPSA) is 87.5 Å². The third kappa shape index (κ3) is 5.49. The van der Waals surface area contributed by atoms with Crippen LogP contribution in [0.1, 0.15) is 33.1 Å². The van der Waals surface area contributed by atoms with Gasteiger partial charge >= 0.3 is 6.03 Å². The van der Waals surface area contributed by atoms with E-state index >= 15 is 0 Å². The summed E-state index contributed by atoms with van der Waals surface area (Å²) in [4.78, 5) is 24.8. The van der Waals surface area contributed by atoms with Crippen LogP contribution >= 0.6 is 0 Å². The Morgan fingerprint density at radius 1 is 1.33 bits per heavy atom. The van der Waals surface area contributed by atoms with Crippen molar-refractivity contribution >= 4 is 17.4 Å². The van der Waals surface area contributed by atoms with E-state index in [1.165, 1.54) is 25.0 Å². The molecule has 0 unspecified atom stereocenters. The Kier molecular flexibility index (Phi) is 6.54.